The Hall–Kier alpha value is -3.05. The number of nitrogens with zero attached hydrogens (tertiary/aromatic N) is 3. The fraction of sp³-hybridized carbons (Fsp3) is 0.593. The SMILES string of the molecule is CCn1c(C(=O)NC(C)C)nc2c1CN([C@H]1CO[C@H](c3cc(F)ccc3F)[C@@H](NC(=O)OC(C)(C)C)C1)C2. The summed E-state index contributed by atoms with van der Waals surface area (Å²) in [6.45, 7) is 13.0. The summed E-state index contributed by atoms with van der Waals surface area (Å²) in [6, 6.07) is 2.43. The van der Waals surface area contributed by atoms with Gasteiger partial charge in [0.15, 0.2) is 5.82 Å². The van der Waals surface area contributed by atoms with Gasteiger partial charge in [-0.2, -0.15) is 0 Å². The average molecular weight is 534 g/mol. The van der Waals surface area contributed by atoms with Crippen LogP contribution in [0.2, 0.25) is 0 Å². The van der Waals surface area contributed by atoms with Crippen LogP contribution in [0.4, 0.5) is 13.6 Å². The predicted octanol–water partition coefficient (Wildman–Crippen LogP) is 4.06. The van der Waals surface area contributed by atoms with Gasteiger partial charge in [0.1, 0.15) is 23.3 Å². The highest BCUT2D eigenvalue weighted by Gasteiger charge is 2.41. The van der Waals surface area contributed by atoms with Crippen LogP contribution < -0.4 is 10.6 Å². The number of imidazole rings is 1. The summed E-state index contributed by atoms with van der Waals surface area (Å²) in [5.41, 5.74) is 1.13. The molecule has 2 N–H and O–H groups in total. The van der Waals surface area contributed by atoms with Crippen molar-refractivity contribution in [2.45, 2.75) is 97.4 Å². The molecule has 0 saturated carbocycles. The Morgan fingerprint density at radius 3 is 2.63 bits per heavy atom. The first-order valence-electron chi connectivity index (χ1n) is 13.1. The zero-order valence-corrected chi connectivity index (χ0v) is 22.8. The number of hydrogen-bond donors (Lipinski definition) is 2. The molecule has 2 aliphatic heterocycles. The number of rotatable bonds is 6. The molecule has 1 saturated heterocycles. The number of alkyl carbamates (subject to hydrolysis) is 1. The van der Waals surface area contributed by atoms with E-state index in [-0.39, 0.29) is 30.2 Å². The van der Waals surface area contributed by atoms with Gasteiger partial charge in [-0.1, -0.05) is 0 Å². The van der Waals surface area contributed by atoms with Gasteiger partial charge in [-0.25, -0.2) is 18.6 Å². The van der Waals surface area contributed by atoms with Gasteiger partial charge in [-0.05, 0) is 66.2 Å². The van der Waals surface area contributed by atoms with Gasteiger partial charge in [0.2, 0.25) is 0 Å². The standard InChI is InChI=1S/C27H37F2N5O4/c1-7-34-22-13-33(12-21(22)31-24(34)25(35)30-15(2)3)17-11-20(32-26(36)38-27(4,5)6)23(37-14-17)18-10-16(28)8-9-19(18)29/h8-10,15,17,20,23H,7,11-14H2,1-6H3,(H,30,35)(H,32,36)/t17-,20+,23-/m1/s1. The van der Waals surface area contributed by atoms with Gasteiger partial charge < -0.3 is 24.7 Å². The van der Waals surface area contributed by atoms with Gasteiger partial charge >= 0.3 is 6.09 Å². The highest BCUT2D eigenvalue weighted by atomic mass is 19.1. The minimum Gasteiger partial charge on any atom is -0.444 e. The summed E-state index contributed by atoms with van der Waals surface area (Å²) in [4.78, 5) is 32.1. The molecule has 1 aromatic heterocycles. The molecule has 0 aliphatic carbocycles. The summed E-state index contributed by atoms with van der Waals surface area (Å²) in [5.74, 6) is -0.992. The zero-order chi connectivity index (χ0) is 27.8. The molecule has 1 fully saturated rings. The number of ether oxygens (including phenoxy) is 2. The lowest BCUT2D eigenvalue weighted by molar-refractivity contribution is -0.0630. The van der Waals surface area contributed by atoms with Crippen molar-refractivity contribution in [3.05, 3.63) is 52.6 Å². The fourth-order valence-electron chi connectivity index (χ4n) is 5.08. The van der Waals surface area contributed by atoms with E-state index in [1.807, 2.05) is 25.3 Å². The topological polar surface area (TPSA) is 97.7 Å². The van der Waals surface area contributed by atoms with E-state index in [4.69, 9.17) is 9.47 Å². The van der Waals surface area contributed by atoms with E-state index in [1.54, 1.807) is 20.8 Å². The van der Waals surface area contributed by atoms with E-state index in [1.165, 1.54) is 0 Å². The molecule has 3 heterocycles. The number of hydrogen-bond acceptors (Lipinski definition) is 6. The average Bonchev–Trinajstić information content (AvgIpc) is 3.37. The smallest absolute Gasteiger partial charge is 0.407 e. The van der Waals surface area contributed by atoms with Gasteiger partial charge in [-0.3, -0.25) is 9.69 Å². The third-order valence-corrected chi connectivity index (χ3v) is 6.64. The number of halogens is 2. The number of amides is 2. The van der Waals surface area contributed by atoms with E-state index in [2.05, 4.69) is 20.5 Å². The number of carbonyl (C=O) groups is 2. The van der Waals surface area contributed by atoms with Crippen molar-refractivity contribution in [3.8, 4) is 0 Å². The largest absolute Gasteiger partial charge is 0.444 e. The molecule has 2 amide bonds. The molecule has 0 spiro atoms. The molecule has 4 rings (SSSR count). The third-order valence-electron chi connectivity index (χ3n) is 6.64. The van der Waals surface area contributed by atoms with Crippen molar-refractivity contribution in [2.24, 2.45) is 0 Å². The van der Waals surface area contributed by atoms with Gasteiger partial charge in [0.05, 0.1) is 24.0 Å². The molecule has 0 bridgehead atoms. The highest BCUT2D eigenvalue weighted by molar-refractivity contribution is 5.91. The van der Waals surface area contributed by atoms with E-state index in [0.29, 0.717) is 31.9 Å². The third kappa shape index (κ3) is 6.15. The summed E-state index contributed by atoms with van der Waals surface area (Å²) in [6.07, 6.45) is -1.11. The van der Waals surface area contributed by atoms with Crippen molar-refractivity contribution in [1.82, 2.24) is 25.1 Å². The molecule has 9 nitrogen and oxygen atoms in total. The quantitative estimate of drug-likeness (QED) is 0.581. The normalized spacial score (nSPS) is 21.9. The maximum absolute atomic E-state index is 14.7. The summed E-state index contributed by atoms with van der Waals surface area (Å²) >= 11 is 0. The molecular formula is C27H37F2N5O4. The minimum atomic E-state index is -0.881. The molecule has 0 unspecified atom stereocenters. The molecule has 2 aromatic rings. The Morgan fingerprint density at radius 1 is 1.24 bits per heavy atom. The molecule has 11 heteroatoms. The molecular weight excluding hydrogens is 496 g/mol. The van der Waals surface area contributed by atoms with Crippen molar-refractivity contribution in [1.29, 1.82) is 0 Å². The predicted molar refractivity (Wildman–Crippen MR) is 136 cm³/mol. The highest BCUT2D eigenvalue weighted by Crippen LogP contribution is 2.35. The van der Waals surface area contributed by atoms with E-state index in [9.17, 15) is 18.4 Å². The zero-order valence-electron chi connectivity index (χ0n) is 22.8. The monoisotopic (exact) mass is 533 g/mol. The van der Waals surface area contributed by atoms with Crippen LogP contribution in [-0.2, 0) is 29.1 Å². The maximum atomic E-state index is 14.7. The summed E-state index contributed by atoms with van der Waals surface area (Å²) in [5, 5.41) is 5.73. The molecule has 208 valence electrons. The minimum absolute atomic E-state index is 0.000474. The Kier molecular flexibility index (Phi) is 8.08. The van der Waals surface area contributed by atoms with Crippen LogP contribution in [0.3, 0.4) is 0 Å². The van der Waals surface area contributed by atoms with Crippen LogP contribution in [0.5, 0.6) is 0 Å². The first kappa shape index (κ1) is 28.0. The molecule has 1 aromatic carbocycles. The van der Waals surface area contributed by atoms with Crippen LogP contribution in [0.1, 0.15) is 81.6 Å². The Labute approximate surface area is 221 Å². The number of aromatic nitrogens is 2. The van der Waals surface area contributed by atoms with Crippen molar-refractivity contribution >= 4 is 12.0 Å². The second-order valence-corrected chi connectivity index (χ2v) is 11.2. The van der Waals surface area contributed by atoms with Crippen LogP contribution in [-0.4, -0.2) is 56.8 Å². The lowest BCUT2D eigenvalue weighted by atomic mass is 9.92. The second kappa shape index (κ2) is 11.0. The van der Waals surface area contributed by atoms with Gasteiger partial charge in [0.25, 0.3) is 5.91 Å². The van der Waals surface area contributed by atoms with E-state index in [0.717, 1.165) is 29.6 Å². The number of benzene rings is 1. The van der Waals surface area contributed by atoms with Crippen molar-refractivity contribution < 1.29 is 27.8 Å². The van der Waals surface area contributed by atoms with Crippen LogP contribution >= 0.6 is 0 Å². The number of fused-ring (bicyclic) bond motifs is 1. The molecule has 38 heavy (non-hydrogen) atoms. The van der Waals surface area contributed by atoms with Crippen LogP contribution in [0, 0.1) is 11.6 Å². The van der Waals surface area contributed by atoms with Crippen LogP contribution in [0.25, 0.3) is 0 Å². The Morgan fingerprint density at radius 2 is 1.97 bits per heavy atom. The van der Waals surface area contributed by atoms with Crippen molar-refractivity contribution in [3.63, 3.8) is 0 Å². The second-order valence-electron chi connectivity index (χ2n) is 11.2. The molecule has 2 aliphatic rings. The van der Waals surface area contributed by atoms with Crippen molar-refractivity contribution in [2.75, 3.05) is 6.61 Å². The summed E-state index contributed by atoms with van der Waals surface area (Å²) < 4.78 is 42.2. The van der Waals surface area contributed by atoms with Gasteiger partial charge in [0, 0.05) is 37.3 Å². The van der Waals surface area contributed by atoms with Gasteiger partial charge in [-0.15, -0.1) is 0 Å². The lowest BCUT2D eigenvalue weighted by Crippen LogP contribution is -2.52. The van der Waals surface area contributed by atoms with E-state index >= 15 is 0 Å². The van der Waals surface area contributed by atoms with E-state index < -0.39 is 35.5 Å². The number of nitrogens with one attached hydrogen (secondary N) is 2. The molecule has 3 atom stereocenters. The maximum Gasteiger partial charge on any atom is 0.407 e. The first-order valence-corrected chi connectivity index (χ1v) is 13.1. The van der Waals surface area contributed by atoms with Crippen LogP contribution in [0.15, 0.2) is 18.2 Å². The lowest BCUT2D eigenvalue weighted by Gasteiger charge is -2.40. The summed E-state index contributed by atoms with van der Waals surface area (Å²) in [7, 11) is 0. The first-order chi connectivity index (χ1) is 17.9. The Bertz CT molecular complexity index is 1190. The molecule has 0 radical (unpaired) electrons. The Balaban J connectivity index is 1.54. The number of carbonyl (C=O) groups excluding carboxylic acids is 2. The fourth-order valence-corrected chi connectivity index (χ4v) is 5.08.